The lowest BCUT2D eigenvalue weighted by atomic mass is 10.1. The predicted molar refractivity (Wildman–Crippen MR) is 71.4 cm³/mol. The molecular weight excluding hydrogens is 248 g/mol. The first-order valence-corrected chi connectivity index (χ1v) is 6.27. The molecule has 1 aliphatic rings. The molecule has 6 nitrogen and oxygen atoms in total. The number of likely N-dealkylation sites (N-methyl/N-ethyl adjacent to an activating group) is 1. The lowest BCUT2D eigenvalue weighted by molar-refractivity contribution is -0.384. The van der Waals surface area contributed by atoms with E-state index in [2.05, 4.69) is 0 Å². The summed E-state index contributed by atoms with van der Waals surface area (Å²) in [5, 5.41) is 20.7. The highest BCUT2D eigenvalue weighted by atomic mass is 16.6. The minimum Gasteiger partial charge on any atom is -0.389 e. The number of hydrogen-bond acceptors (Lipinski definition) is 5. The van der Waals surface area contributed by atoms with Crippen molar-refractivity contribution >= 4 is 11.4 Å². The van der Waals surface area contributed by atoms with Crippen molar-refractivity contribution in [3.8, 4) is 0 Å². The highest BCUT2D eigenvalue weighted by molar-refractivity contribution is 5.64. The maximum Gasteiger partial charge on any atom is 0.292 e. The van der Waals surface area contributed by atoms with Gasteiger partial charge in [-0.1, -0.05) is 6.07 Å². The summed E-state index contributed by atoms with van der Waals surface area (Å²) >= 11 is 0. The van der Waals surface area contributed by atoms with Gasteiger partial charge in [0, 0.05) is 19.7 Å². The molecule has 1 saturated heterocycles. The van der Waals surface area contributed by atoms with Crippen molar-refractivity contribution in [1.82, 2.24) is 0 Å². The van der Waals surface area contributed by atoms with Crippen LogP contribution in [-0.2, 0) is 4.74 Å². The third kappa shape index (κ3) is 2.85. The zero-order valence-electron chi connectivity index (χ0n) is 11.1. The van der Waals surface area contributed by atoms with Gasteiger partial charge in [-0.15, -0.1) is 0 Å². The Labute approximate surface area is 111 Å². The SMILES string of the molecule is C[C@H](O)c1ccc(N(C)C2CCOC2)c([N+](=O)[O-])c1. The summed E-state index contributed by atoms with van der Waals surface area (Å²) in [6, 6.07) is 5.01. The van der Waals surface area contributed by atoms with Crippen LogP contribution in [0.4, 0.5) is 11.4 Å². The second-order valence-electron chi connectivity index (χ2n) is 4.81. The number of benzene rings is 1. The Balaban J connectivity index is 2.35. The topological polar surface area (TPSA) is 75.8 Å². The van der Waals surface area contributed by atoms with Gasteiger partial charge in [0.1, 0.15) is 5.69 Å². The molecule has 1 N–H and O–H groups in total. The summed E-state index contributed by atoms with van der Waals surface area (Å²) < 4.78 is 5.31. The quantitative estimate of drug-likeness (QED) is 0.665. The average molecular weight is 266 g/mol. The Morgan fingerprint density at radius 1 is 1.58 bits per heavy atom. The van der Waals surface area contributed by atoms with Gasteiger partial charge in [0.05, 0.1) is 23.7 Å². The fourth-order valence-corrected chi connectivity index (χ4v) is 2.27. The van der Waals surface area contributed by atoms with Crippen LogP contribution >= 0.6 is 0 Å². The van der Waals surface area contributed by atoms with Crippen LogP contribution in [0, 0.1) is 10.1 Å². The largest absolute Gasteiger partial charge is 0.389 e. The molecule has 1 unspecified atom stereocenters. The molecule has 6 heteroatoms. The zero-order chi connectivity index (χ0) is 14.0. The molecule has 0 aromatic heterocycles. The Bertz CT molecular complexity index is 470. The predicted octanol–water partition coefficient (Wildman–Crippen LogP) is 1.87. The van der Waals surface area contributed by atoms with Gasteiger partial charge in [-0.3, -0.25) is 10.1 Å². The van der Waals surface area contributed by atoms with Gasteiger partial charge in [-0.2, -0.15) is 0 Å². The molecule has 0 amide bonds. The van der Waals surface area contributed by atoms with Crippen molar-refractivity contribution in [3.05, 3.63) is 33.9 Å². The highest BCUT2D eigenvalue weighted by Gasteiger charge is 2.26. The number of aliphatic hydroxyl groups is 1. The summed E-state index contributed by atoms with van der Waals surface area (Å²) in [6.45, 7) is 2.87. The number of nitro benzene ring substituents is 1. The fraction of sp³-hybridized carbons (Fsp3) is 0.538. The monoisotopic (exact) mass is 266 g/mol. The first-order valence-electron chi connectivity index (χ1n) is 6.27. The van der Waals surface area contributed by atoms with Crippen LogP contribution in [0.25, 0.3) is 0 Å². The molecule has 1 heterocycles. The molecule has 1 aromatic rings. The Morgan fingerprint density at radius 2 is 2.32 bits per heavy atom. The van der Waals surface area contributed by atoms with Crippen molar-refractivity contribution in [2.24, 2.45) is 0 Å². The van der Waals surface area contributed by atoms with Gasteiger partial charge >= 0.3 is 0 Å². The number of hydrogen-bond donors (Lipinski definition) is 1. The molecule has 0 spiro atoms. The second kappa shape index (κ2) is 5.54. The maximum absolute atomic E-state index is 11.2. The number of nitro groups is 1. The smallest absolute Gasteiger partial charge is 0.292 e. The standard InChI is InChI=1S/C13H18N2O4/c1-9(16)10-3-4-12(13(7-10)15(17)18)14(2)11-5-6-19-8-11/h3-4,7,9,11,16H,5-6,8H2,1-2H3/t9-,11?/m0/s1. The molecule has 0 radical (unpaired) electrons. The Morgan fingerprint density at radius 3 is 2.84 bits per heavy atom. The summed E-state index contributed by atoms with van der Waals surface area (Å²) in [7, 11) is 1.84. The second-order valence-corrected chi connectivity index (χ2v) is 4.81. The third-order valence-corrected chi connectivity index (χ3v) is 3.51. The molecule has 104 valence electrons. The first kappa shape index (κ1) is 13.8. The fourth-order valence-electron chi connectivity index (χ4n) is 2.27. The van der Waals surface area contributed by atoms with Crippen LogP contribution in [0.1, 0.15) is 25.0 Å². The summed E-state index contributed by atoms with van der Waals surface area (Å²) in [6.07, 6.45) is 0.152. The van der Waals surface area contributed by atoms with Crippen molar-refractivity contribution in [2.75, 3.05) is 25.2 Å². The van der Waals surface area contributed by atoms with Crippen LogP contribution in [0.3, 0.4) is 0 Å². The van der Waals surface area contributed by atoms with Crippen LogP contribution in [-0.4, -0.2) is 36.3 Å². The van der Waals surface area contributed by atoms with Crippen molar-refractivity contribution in [2.45, 2.75) is 25.5 Å². The molecular formula is C13H18N2O4. The number of rotatable bonds is 4. The van der Waals surface area contributed by atoms with E-state index in [-0.39, 0.29) is 11.7 Å². The van der Waals surface area contributed by atoms with Crippen LogP contribution < -0.4 is 4.90 Å². The van der Waals surface area contributed by atoms with E-state index in [0.717, 1.165) is 6.42 Å². The molecule has 0 saturated carbocycles. The lowest BCUT2D eigenvalue weighted by Gasteiger charge is -2.25. The molecule has 2 atom stereocenters. The summed E-state index contributed by atoms with van der Waals surface area (Å²) in [5.41, 5.74) is 1.13. The first-order chi connectivity index (χ1) is 9.00. The van der Waals surface area contributed by atoms with Crippen LogP contribution in [0.15, 0.2) is 18.2 Å². The molecule has 0 bridgehead atoms. The number of aliphatic hydroxyl groups excluding tert-OH is 1. The van der Waals surface area contributed by atoms with E-state index in [1.54, 1.807) is 19.1 Å². The minimum atomic E-state index is -0.715. The Kier molecular flexibility index (Phi) is 4.01. The summed E-state index contributed by atoms with van der Waals surface area (Å²) in [4.78, 5) is 12.7. The van der Waals surface area contributed by atoms with Gasteiger partial charge in [-0.05, 0) is 25.0 Å². The van der Waals surface area contributed by atoms with E-state index in [0.29, 0.717) is 24.5 Å². The van der Waals surface area contributed by atoms with Gasteiger partial charge in [0.15, 0.2) is 0 Å². The van der Waals surface area contributed by atoms with Crippen LogP contribution in [0.5, 0.6) is 0 Å². The number of anilines is 1. The van der Waals surface area contributed by atoms with Gasteiger partial charge in [-0.25, -0.2) is 0 Å². The van der Waals surface area contributed by atoms with Gasteiger partial charge in [0.25, 0.3) is 5.69 Å². The number of nitrogens with zero attached hydrogens (tertiary/aromatic N) is 2. The molecule has 1 fully saturated rings. The summed E-state index contributed by atoms with van der Waals surface area (Å²) in [5.74, 6) is 0. The van der Waals surface area contributed by atoms with Crippen molar-refractivity contribution < 1.29 is 14.8 Å². The van der Waals surface area contributed by atoms with Crippen molar-refractivity contribution in [3.63, 3.8) is 0 Å². The number of ether oxygens (including phenoxy) is 1. The Hall–Kier alpha value is -1.66. The van der Waals surface area contributed by atoms with E-state index >= 15 is 0 Å². The van der Waals surface area contributed by atoms with Crippen molar-refractivity contribution in [1.29, 1.82) is 0 Å². The molecule has 1 aliphatic heterocycles. The highest BCUT2D eigenvalue weighted by Crippen LogP contribution is 2.32. The molecule has 1 aromatic carbocycles. The maximum atomic E-state index is 11.2. The van der Waals surface area contributed by atoms with Gasteiger partial charge in [0.2, 0.25) is 0 Å². The van der Waals surface area contributed by atoms with E-state index in [9.17, 15) is 15.2 Å². The van der Waals surface area contributed by atoms with E-state index < -0.39 is 11.0 Å². The normalized spacial score (nSPS) is 20.3. The van der Waals surface area contributed by atoms with Gasteiger partial charge < -0.3 is 14.7 Å². The molecule has 2 rings (SSSR count). The third-order valence-electron chi connectivity index (χ3n) is 3.51. The zero-order valence-corrected chi connectivity index (χ0v) is 11.1. The van der Waals surface area contributed by atoms with Crippen LogP contribution in [0.2, 0.25) is 0 Å². The van der Waals surface area contributed by atoms with E-state index in [4.69, 9.17) is 4.74 Å². The average Bonchev–Trinajstić information content (AvgIpc) is 2.90. The lowest BCUT2D eigenvalue weighted by Crippen LogP contribution is -2.32. The molecule has 0 aliphatic carbocycles. The van der Waals surface area contributed by atoms with E-state index in [1.807, 2.05) is 11.9 Å². The molecule has 19 heavy (non-hydrogen) atoms. The minimum absolute atomic E-state index is 0.0211. The van der Waals surface area contributed by atoms with E-state index in [1.165, 1.54) is 6.07 Å².